The van der Waals surface area contributed by atoms with Gasteiger partial charge in [0.1, 0.15) is 0 Å². The van der Waals surface area contributed by atoms with Crippen LogP contribution in [-0.4, -0.2) is 16.0 Å². The molecule has 0 heterocycles. The third-order valence-corrected chi connectivity index (χ3v) is 1.56. The van der Waals surface area contributed by atoms with E-state index in [-0.39, 0.29) is 0 Å². The van der Waals surface area contributed by atoms with Crippen molar-refractivity contribution in [2.24, 2.45) is 0 Å². The molecule has 0 nitrogen and oxygen atoms in total. The predicted octanol–water partition coefficient (Wildman–Crippen LogP) is 1.13. The molecule has 0 N–H and O–H groups in total. The molecule has 1 radical (unpaired) electrons. The number of hydrogen-bond acceptors (Lipinski definition) is 0. The van der Waals surface area contributed by atoms with Crippen molar-refractivity contribution < 1.29 is 0 Å². The minimum atomic E-state index is 0.779. The van der Waals surface area contributed by atoms with Gasteiger partial charge in [0.15, 0.2) is 0 Å². The molecule has 0 aromatic heterocycles. The molecule has 0 atom stereocenters. The molecule has 0 saturated heterocycles. The Morgan fingerprint density at radius 3 is 2.50 bits per heavy atom. The van der Waals surface area contributed by atoms with Crippen LogP contribution in [0.25, 0.3) is 0 Å². The molecule has 2 heteroatoms. The van der Waals surface area contributed by atoms with Gasteiger partial charge >= 0.3 is 61.4 Å². The summed E-state index contributed by atoms with van der Waals surface area (Å²) in [6.45, 7) is 0. The van der Waals surface area contributed by atoms with Crippen molar-refractivity contribution in [1.29, 1.82) is 0 Å². The van der Waals surface area contributed by atoms with Crippen molar-refractivity contribution in [3.8, 4) is 0 Å². The van der Waals surface area contributed by atoms with E-state index < -0.39 is 0 Å². The Balaban J connectivity index is 3.08. The Bertz CT molecular complexity index is 168. The van der Waals surface area contributed by atoms with Crippen molar-refractivity contribution in [3.63, 3.8) is 0 Å². The van der Waals surface area contributed by atoms with E-state index in [1.807, 2.05) is 24.3 Å². The molecular weight excluding hydrogens is 186 g/mol. The van der Waals surface area contributed by atoms with Gasteiger partial charge in [-0.2, -0.15) is 0 Å². The van der Waals surface area contributed by atoms with E-state index in [1.165, 1.54) is 0 Å². The quantitative estimate of drug-likeness (QED) is 0.538. The Morgan fingerprint density at radius 1 is 1.38 bits per heavy atom. The fraction of sp³-hybridized carbons (Fsp3) is 0. The molecule has 1 rings (SSSR count). The zero-order valence-corrected chi connectivity index (χ0v) is 6.56. The van der Waals surface area contributed by atoms with E-state index in [0.717, 1.165) is 9.48 Å². The Labute approximate surface area is 61.7 Å². The first-order chi connectivity index (χ1) is 3.79. The molecule has 0 aliphatic rings. The van der Waals surface area contributed by atoms with Crippen LogP contribution in [0.4, 0.5) is 0 Å². The Kier molecular flexibility index (Phi) is 1.95. The van der Waals surface area contributed by atoms with Gasteiger partial charge < -0.3 is 0 Å². The van der Waals surface area contributed by atoms with E-state index >= 15 is 0 Å². The summed E-state index contributed by atoms with van der Waals surface area (Å²) in [5.74, 6) is 0. The average Bonchev–Trinajstić information content (AvgIpc) is 1.64. The van der Waals surface area contributed by atoms with E-state index in [2.05, 4.69) is 16.0 Å². The SMILES string of the molecule is Clc1cccc([Se])c1. The third-order valence-electron chi connectivity index (χ3n) is 0.796. The van der Waals surface area contributed by atoms with E-state index in [1.54, 1.807) is 0 Å². The van der Waals surface area contributed by atoms with E-state index in [9.17, 15) is 0 Å². The van der Waals surface area contributed by atoms with Gasteiger partial charge in [-0.25, -0.2) is 0 Å². The minimum absolute atomic E-state index is 0.779. The molecule has 0 bridgehead atoms. The van der Waals surface area contributed by atoms with E-state index in [0.29, 0.717) is 0 Å². The standard InChI is InChI=1S/C6H4ClSe/c7-5-2-1-3-6(8)4-5/h1-4H. The molecule has 41 valence electrons. The van der Waals surface area contributed by atoms with Gasteiger partial charge in [0.25, 0.3) is 0 Å². The molecular formula is C6H4ClSe. The molecule has 0 unspecified atom stereocenters. The van der Waals surface area contributed by atoms with Gasteiger partial charge in [-0.05, 0) is 0 Å². The fourth-order valence-electron chi connectivity index (χ4n) is 0.467. The molecule has 0 spiro atoms. The van der Waals surface area contributed by atoms with Crippen molar-refractivity contribution in [2.45, 2.75) is 0 Å². The fourth-order valence-corrected chi connectivity index (χ4v) is 1.24. The van der Waals surface area contributed by atoms with Crippen LogP contribution < -0.4 is 4.46 Å². The van der Waals surface area contributed by atoms with Crippen LogP contribution in [0.2, 0.25) is 5.02 Å². The van der Waals surface area contributed by atoms with Gasteiger partial charge in [-0.1, -0.05) is 0 Å². The van der Waals surface area contributed by atoms with Crippen LogP contribution >= 0.6 is 11.6 Å². The van der Waals surface area contributed by atoms with Crippen LogP contribution in [0.1, 0.15) is 0 Å². The second-order valence-electron chi connectivity index (χ2n) is 1.46. The summed E-state index contributed by atoms with van der Waals surface area (Å²) in [6, 6.07) is 7.60. The first-order valence-electron chi connectivity index (χ1n) is 2.21. The summed E-state index contributed by atoms with van der Waals surface area (Å²) in [5.41, 5.74) is 0. The number of hydrogen-bond donors (Lipinski definition) is 0. The number of rotatable bonds is 0. The van der Waals surface area contributed by atoms with Gasteiger partial charge in [0.2, 0.25) is 0 Å². The number of benzene rings is 1. The van der Waals surface area contributed by atoms with Gasteiger partial charge in [-0.15, -0.1) is 0 Å². The molecule has 0 amide bonds. The average molecular weight is 191 g/mol. The summed E-state index contributed by atoms with van der Waals surface area (Å²) in [5, 5.41) is 0.779. The van der Waals surface area contributed by atoms with Gasteiger partial charge in [0.05, 0.1) is 0 Å². The summed E-state index contributed by atoms with van der Waals surface area (Å²) < 4.78 is 1.08. The molecule has 8 heavy (non-hydrogen) atoms. The first-order valence-corrected chi connectivity index (χ1v) is 3.45. The van der Waals surface area contributed by atoms with E-state index in [4.69, 9.17) is 11.6 Å². The van der Waals surface area contributed by atoms with Crippen LogP contribution in [0.3, 0.4) is 0 Å². The zero-order chi connectivity index (χ0) is 5.98. The Morgan fingerprint density at radius 2 is 2.12 bits per heavy atom. The van der Waals surface area contributed by atoms with Crippen molar-refractivity contribution in [1.82, 2.24) is 0 Å². The normalized spacial score (nSPS) is 9.12. The molecule has 1 aromatic carbocycles. The maximum absolute atomic E-state index is 5.62. The van der Waals surface area contributed by atoms with Crippen LogP contribution in [-0.2, 0) is 0 Å². The van der Waals surface area contributed by atoms with Crippen molar-refractivity contribution in [3.05, 3.63) is 29.3 Å². The third kappa shape index (κ3) is 1.52. The second-order valence-corrected chi connectivity index (χ2v) is 2.88. The second kappa shape index (κ2) is 2.54. The predicted molar refractivity (Wildman–Crippen MR) is 36.8 cm³/mol. The van der Waals surface area contributed by atoms with Gasteiger partial charge in [-0.3, -0.25) is 0 Å². The summed E-state index contributed by atoms with van der Waals surface area (Å²) >= 11 is 8.48. The molecule has 0 aliphatic heterocycles. The van der Waals surface area contributed by atoms with Crippen LogP contribution in [0, 0.1) is 0 Å². The molecule has 0 aliphatic carbocycles. The van der Waals surface area contributed by atoms with Crippen LogP contribution in [0.5, 0.6) is 0 Å². The van der Waals surface area contributed by atoms with Crippen LogP contribution in [0.15, 0.2) is 24.3 Å². The summed E-state index contributed by atoms with van der Waals surface area (Å²) in [7, 11) is 0. The maximum atomic E-state index is 5.62. The molecule has 0 saturated carbocycles. The van der Waals surface area contributed by atoms with Gasteiger partial charge in [0, 0.05) is 0 Å². The van der Waals surface area contributed by atoms with Crippen molar-refractivity contribution >= 4 is 32.1 Å². The summed E-state index contributed by atoms with van der Waals surface area (Å²) in [4.78, 5) is 0. The first kappa shape index (κ1) is 6.15. The Hall–Kier alpha value is 0.0295. The molecule has 1 aromatic rings. The summed E-state index contributed by atoms with van der Waals surface area (Å²) in [6.07, 6.45) is 0. The monoisotopic (exact) mass is 191 g/mol. The molecule has 0 fully saturated rings. The number of halogens is 1. The van der Waals surface area contributed by atoms with Crippen molar-refractivity contribution in [2.75, 3.05) is 0 Å². The zero-order valence-electron chi connectivity index (χ0n) is 4.10. The topological polar surface area (TPSA) is 0 Å².